The van der Waals surface area contributed by atoms with Gasteiger partial charge in [0.05, 0.1) is 13.7 Å². The summed E-state index contributed by atoms with van der Waals surface area (Å²) >= 11 is 0. The molecule has 0 aliphatic carbocycles. The number of unbranched alkanes of at least 4 members (excludes halogenated alkanes) is 1. The Balaban J connectivity index is 1.68. The fourth-order valence-electron chi connectivity index (χ4n) is 2.65. The number of nitrogens with zero attached hydrogens (tertiary/aromatic N) is 2. The number of methoxy groups -OCH3 is 1. The van der Waals surface area contributed by atoms with E-state index in [-0.39, 0.29) is 6.10 Å². The minimum absolute atomic E-state index is 0.0415. The lowest BCUT2D eigenvalue weighted by atomic mass is 10.3. The van der Waals surface area contributed by atoms with E-state index in [1.165, 1.54) is 0 Å². The van der Waals surface area contributed by atoms with Crippen molar-refractivity contribution in [3.8, 4) is 11.5 Å². The molecule has 7 heteroatoms. The molecule has 0 saturated carbocycles. The number of hydrogen-bond acceptors (Lipinski definition) is 5. The van der Waals surface area contributed by atoms with Crippen LogP contribution in [0.4, 0.5) is 5.82 Å². The number of ether oxygens (including phenoxy) is 2. The Labute approximate surface area is 173 Å². The van der Waals surface area contributed by atoms with Crippen LogP contribution in [0, 0.1) is 0 Å². The first kappa shape index (κ1) is 22.3. The number of rotatable bonds is 12. The van der Waals surface area contributed by atoms with Gasteiger partial charge in [0, 0.05) is 31.9 Å². The molecule has 1 aromatic carbocycles. The maximum atomic E-state index is 5.93. The number of hydrogen-bond donors (Lipinski definition) is 3. The fraction of sp³-hybridized carbons (Fsp3) is 0.455. The second-order valence-electron chi connectivity index (χ2n) is 6.60. The van der Waals surface area contributed by atoms with Crippen molar-refractivity contribution in [3.05, 3.63) is 48.7 Å². The molecule has 0 aliphatic heterocycles. The van der Waals surface area contributed by atoms with E-state index in [9.17, 15) is 0 Å². The van der Waals surface area contributed by atoms with E-state index in [1.807, 2.05) is 49.4 Å². The Hall–Kier alpha value is -2.96. The predicted molar refractivity (Wildman–Crippen MR) is 119 cm³/mol. The monoisotopic (exact) mass is 399 g/mol. The molecule has 1 aromatic heterocycles. The van der Waals surface area contributed by atoms with E-state index in [1.54, 1.807) is 13.3 Å². The lowest BCUT2D eigenvalue weighted by Crippen LogP contribution is -2.38. The summed E-state index contributed by atoms with van der Waals surface area (Å²) in [6.45, 7) is 7.21. The highest BCUT2D eigenvalue weighted by atomic mass is 16.5. The van der Waals surface area contributed by atoms with E-state index in [4.69, 9.17) is 9.47 Å². The molecule has 7 nitrogen and oxygen atoms in total. The van der Waals surface area contributed by atoms with Crippen molar-refractivity contribution in [2.45, 2.75) is 32.8 Å². The topological polar surface area (TPSA) is 79.8 Å². The summed E-state index contributed by atoms with van der Waals surface area (Å²) in [6, 6.07) is 13.5. The quantitative estimate of drug-likeness (QED) is 0.289. The molecule has 2 rings (SSSR count). The van der Waals surface area contributed by atoms with Crippen LogP contribution < -0.4 is 25.4 Å². The van der Waals surface area contributed by atoms with Gasteiger partial charge >= 0.3 is 0 Å². The number of nitrogens with one attached hydrogen (secondary N) is 3. The first-order valence-corrected chi connectivity index (χ1v) is 10.2. The molecule has 1 unspecified atom stereocenters. The molecule has 1 heterocycles. The van der Waals surface area contributed by atoms with Gasteiger partial charge in [-0.25, -0.2) is 9.98 Å². The van der Waals surface area contributed by atoms with Gasteiger partial charge in [0.25, 0.3) is 0 Å². The Morgan fingerprint density at radius 1 is 1.07 bits per heavy atom. The number of anilines is 1. The van der Waals surface area contributed by atoms with Gasteiger partial charge in [0.1, 0.15) is 23.4 Å². The molecule has 0 radical (unpaired) electrons. The van der Waals surface area contributed by atoms with Crippen LogP contribution in [-0.4, -0.2) is 50.3 Å². The van der Waals surface area contributed by atoms with E-state index in [0.29, 0.717) is 6.54 Å². The maximum Gasteiger partial charge on any atom is 0.191 e. The van der Waals surface area contributed by atoms with Crippen molar-refractivity contribution >= 4 is 11.8 Å². The van der Waals surface area contributed by atoms with Crippen molar-refractivity contribution in [1.82, 2.24) is 15.6 Å². The molecule has 3 N–H and O–H groups in total. The van der Waals surface area contributed by atoms with Gasteiger partial charge in [-0.1, -0.05) is 12.1 Å². The molecular formula is C22H33N5O2. The zero-order chi connectivity index (χ0) is 20.7. The summed E-state index contributed by atoms with van der Waals surface area (Å²) in [5, 5.41) is 9.97. The average molecular weight is 400 g/mol. The minimum atomic E-state index is -0.0415. The lowest BCUT2D eigenvalue weighted by Gasteiger charge is -2.15. The first-order chi connectivity index (χ1) is 14.2. The van der Waals surface area contributed by atoms with Crippen LogP contribution in [-0.2, 0) is 0 Å². The fourth-order valence-corrected chi connectivity index (χ4v) is 2.65. The van der Waals surface area contributed by atoms with Crippen LogP contribution in [0.25, 0.3) is 0 Å². The molecule has 0 fully saturated rings. The van der Waals surface area contributed by atoms with E-state index in [2.05, 4.69) is 32.9 Å². The first-order valence-electron chi connectivity index (χ1n) is 10.2. The van der Waals surface area contributed by atoms with Crippen LogP contribution >= 0.6 is 0 Å². The largest absolute Gasteiger partial charge is 0.497 e. The number of benzene rings is 1. The van der Waals surface area contributed by atoms with Gasteiger partial charge in [-0.2, -0.15) is 0 Å². The summed E-state index contributed by atoms with van der Waals surface area (Å²) < 4.78 is 11.2. The van der Waals surface area contributed by atoms with Crippen LogP contribution in [0.5, 0.6) is 11.5 Å². The molecule has 0 spiro atoms. The Kier molecular flexibility index (Phi) is 10.2. The average Bonchev–Trinajstić information content (AvgIpc) is 2.75. The molecule has 0 aliphatic rings. The van der Waals surface area contributed by atoms with E-state index >= 15 is 0 Å². The zero-order valence-corrected chi connectivity index (χ0v) is 17.6. The third kappa shape index (κ3) is 9.19. The zero-order valence-electron chi connectivity index (χ0n) is 17.6. The van der Waals surface area contributed by atoms with Crippen molar-refractivity contribution < 1.29 is 9.47 Å². The van der Waals surface area contributed by atoms with E-state index in [0.717, 1.165) is 55.8 Å². The van der Waals surface area contributed by atoms with Crippen LogP contribution in [0.1, 0.15) is 26.7 Å². The molecule has 158 valence electrons. The smallest absolute Gasteiger partial charge is 0.191 e. The number of aromatic nitrogens is 1. The standard InChI is InChI=1S/C22H33N5O2/c1-4-23-22(26-15-8-7-14-25-21-12-5-6-13-24-21)27-17-18(2)29-20-11-9-10-19(16-20)28-3/h5-6,9-13,16,18H,4,7-8,14-15,17H2,1-3H3,(H,24,25)(H2,23,26,27). The van der Waals surface area contributed by atoms with Gasteiger partial charge in [0.2, 0.25) is 0 Å². The van der Waals surface area contributed by atoms with Crippen molar-refractivity contribution in [1.29, 1.82) is 0 Å². The summed E-state index contributed by atoms with van der Waals surface area (Å²) in [5.41, 5.74) is 0. The van der Waals surface area contributed by atoms with Gasteiger partial charge < -0.3 is 25.4 Å². The van der Waals surface area contributed by atoms with Gasteiger partial charge in [-0.15, -0.1) is 0 Å². The van der Waals surface area contributed by atoms with Crippen LogP contribution in [0.2, 0.25) is 0 Å². The van der Waals surface area contributed by atoms with Crippen molar-refractivity contribution in [2.24, 2.45) is 4.99 Å². The number of guanidine groups is 1. The van der Waals surface area contributed by atoms with Crippen LogP contribution in [0.3, 0.4) is 0 Å². The SMILES string of the molecule is CCNC(=NCC(C)Oc1cccc(OC)c1)NCCCCNc1ccccn1. The number of aliphatic imine (C=N–C) groups is 1. The summed E-state index contributed by atoms with van der Waals surface area (Å²) in [4.78, 5) is 8.88. The Morgan fingerprint density at radius 2 is 1.90 bits per heavy atom. The molecule has 1 atom stereocenters. The van der Waals surface area contributed by atoms with Gasteiger partial charge in [-0.3, -0.25) is 0 Å². The highest BCUT2D eigenvalue weighted by Crippen LogP contribution is 2.19. The highest BCUT2D eigenvalue weighted by Gasteiger charge is 2.05. The van der Waals surface area contributed by atoms with Gasteiger partial charge in [-0.05, 0) is 51.0 Å². The summed E-state index contributed by atoms with van der Waals surface area (Å²) in [5.74, 6) is 3.29. The normalized spacial score (nSPS) is 12.2. The molecule has 2 aromatic rings. The summed E-state index contributed by atoms with van der Waals surface area (Å²) in [6.07, 6.45) is 3.85. The van der Waals surface area contributed by atoms with Crippen molar-refractivity contribution in [2.75, 3.05) is 38.6 Å². The Morgan fingerprint density at radius 3 is 2.66 bits per heavy atom. The highest BCUT2D eigenvalue weighted by molar-refractivity contribution is 5.79. The molecule has 0 bridgehead atoms. The summed E-state index contributed by atoms with van der Waals surface area (Å²) in [7, 11) is 1.65. The molecule has 29 heavy (non-hydrogen) atoms. The maximum absolute atomic E-state index is 5.93. The van der Waals surface area contributed by atoms with Crippen molar-refractivity contribution in [3.63, 3.8) is 0 Å². The minimum Gasteiger partial charge on any atom is -0.497 e. The van der Waals surface area contributed by atoms with Crippen LogP contribution in [0.15, 0.2) is 53.7 Å². The predicted octanol–water partition coefficient (Wildman–Crippen LogP) is 3.30. The second-order valence-corrected chi connectivity index (χ2v) is 6.60. The molecular weight excluding hydrogens is 366 g/mol. The molecule has 0 amide bonds. The Bertz CT molecular complexity index is 724. The van der Waals surface area contributed by atoms with E-state index < -0.39 is 0 Å². The lowest BCUT2D eigenvalue weighted by molar-refractivity contribution is 0.229. The number of pyridine rings is 1. The van der Waals surface area contributed by atoms with Gasteiger partial charge in [0.15, 0.2) is 5.96 Å². The second kappa shape index (κ2) is 13.3. The third-order valence-corrected chi connectivity index (χ3v) is 4.10. The third-order valence-electron chi connectivity index (χ3n) is 4.10. The molecule has 0 saturated heterocycles.